The number of hydrogen-bond acceptors (Lipinski definition) is 6. The average Bonchev–Trinajstić information content (AvgIpc) is 2.69. The molecule has 0 aliphatic carbocycles. The number of pyridine rings is 1. The van der Waals surface area contributed by atoms with Gasteiger partial charge in [-0.3, -0.25) is 0 Å². The van der Waals surface area contributed by atoms with Crippen LogP contribution in [0.25, 0.3) is 0 Å². The molecule has 2 saturated heterocycles. The van der Waals surface area contributed by atoms with E-state index < -0.39 is 0 Å². The van der Waals surface area contributed by atoms with Crippen molar-refractivity contribution in [2.24, 2.45) is 0 Å². The minimum atomic E-state index is 0.388. The van der Waals surface area contributed by atoms with Gasteiger partial charge in [0.2, 0.25) is 0 Å². The molecule has 1 aromatic rings. The highest BCUT2D eigenvalue weighted by atomic mass is 15.2. The highest BCUT2D eigenvalue weighted by molar-refractivity contribution is 5.57. The van der Waals surface area contributed by atoms with Crippen molar-refractivity contribution >= 4 is 11.6 Å². The molecule has 0 unspecified atom stereocenters. The van der Waals surface area contributed by atoms with Gasteiger partial charge >= 0.3 is 0 Å². The van der Waals surface area contributed by atoms with Gasteiger partial charge in [-0.25, -0.2) is 4.98 Å². The Bertz CT molecular complexity index is 664. The van der Waals surface area contributed by atoms with Gasteiger partial charge in [-0.1, -0.05) is 0 Å². The molecule has 154 valence electrons. The van der Waals surface area contributed by atoms with E-state index in [0.29, 0.717) is 29.7 Å². The SMILES string of the molecule is CC(C)N1CCC(Nc2ccc(C#N)c(NC3CCN(C(C)C)CC3)n2)CC1. The lowest BCUT2D eigenvalue weighted by Crippen LogP contribution is -2.43. The molecule has 0 amide bonds. The second kappa shape index (κ2) is 9.58. The molecule has 0 saturated carbocycles. The van der Waals surface area contributed by atoms with E-state index in [1.165, 1.54) is 0 Å². The van der Waals surface area contributed by atoms with Crippen molar-refractivity contribution in [3.8, 4) is 6.07 Å². The van der Waals surface area contributed by atoms with Crippen LogP contribution in [0.2, 0.25) is 0 Å². The van der Waals surface area contributed by atoms with E-state index in [-0.39, 0.29) is 0 Å². The third-order valence-electron chi connectivity index (χ3n) is 6.23. The topological polar surface area (TPSA) is 67.2 Å². The van der Waals surface area contributed by atoms with Crippen LogP contribution >= 0.6 is 0 Å². The molecular formula is C22H36N6. The summed E-state index contributed by atoms with van der Waals surface area (Å²) in [6.45, 7) is 13.5. The second-order valence-corrected chi connectivity index (χ2v) is 8.80. The quantitative estimate of drug-likeness (QED) is 0.782. The Kier molecular flexibility index (Phi) is 7.14. The maximum Gasteiger partial charge on any atom is 0.146 e. The van der Waals surface area contributed by atoms with E-state index in [9.17, 15) is 5.26 Å². The van der Waals surface area contributed by atoms with Gasteiger partial charge in [-0.2, -0.15) is 5.26 Å². The van der Waals surface area contributed by atoms with E-state index >= 15 is 0 Å². The van der Waals surface area contributed by atoms with Crippen LogP contribution in [0, 0.1) is 11.3 Å². The van der Waals surface area contributed by atoms with Gasteiger partial charge in [-0.15, -0.1) is 0 Å². The van der Waals surface area contributed by atoms with Crippen molar-refractivity contribution in [3.63, 3.8) is 0 Å². The number of anilines is 2. The van der Waals surface area contributed by atoms with Crippen molar-refractivity contribution in [2.75, 3.05) is 36.8 Å². The summed E-state index contributed by atoms with van der Waals surface area (Å²) < 4.78 is 0. The predicted molar refractivity (Wildman–Crippen MR) is 116 cm³/mol. The number of nitrogens with one attached hydrogen (secondary N) is 2. The number of nitrogens with zero attached hydrogens (tertiary/aromatic N) is 4. The van der Waals surface area contributed by atoms with Crippen LogP contribution < -0.4 is 10.6 Å². The van der Waals surface area contributed by atoms with Gasteiger partial charge in [0.05, 0.1) is 5.56 Å². The lowest BCUT2D eigenvalue weighted by Gasteiger charge is -2.35. The molecule has 28 heavy (non-hydrogen) atoms. The third-order valence-corrected chi connectivity index (χ3v) is 6.23. The Morgan fingerprint density at radius 3 is 1.86 bits per heavy atom. The molecule has 0 atom stereocenters. The maximum atomic E-state index is 9.49. The number of piperidine rings is 2. The Morgan fingerprint density at radius 2 is 1.39 bits per heavy atom. The summed E-state index contributed by atoms with van der Waals surface area (Å²) in [4.78, 5) is 9.81. The molecule has 0 spiro atoms. The first-order chi connectivity index (χ1) is 13.5. The highest BCUT2D eigenvalue weighted by Gasteiger charge is 2.23. The summed E-state index contributed by atoms with van der Waals surface area (Å²) in [5.41, 5.74) is 0.631. The van der Waals surface area contributed by atoms with Crippen LogP contribution in [0.4, 0.5) is 11.6 Å². The Labute approximate surface area is 170 Å². The van der Waals surface area contributed by atoms with Crippen molar-refractivity contribution < 1.29 is 0 Å². The van der Waals surface area contributed by atoms with Crippen LogP contribution in [-0.4, -0.2) is 65.1 Å². The van der Waals surface area contributed by atoms with E-state index in [1.54, 1.807) is 0 Å². The van der Waals surface area contributed by atoms with Crippen molar-refractivity contribution in [1.82, 2.24) is 14.8 Å². The molecule has 2 aliphatic rings. The van der Waals surface area contributed by atoms with Gasteiger partial charge < -0.3 is 20.4 Å². The van der Waals surface area contributed by atoms with Gasteiger partial charge in [0.15, 0.2) is 0 Å². The normalized spacial score (nSPS) is 20.5. The first-order valence-electron chi connectivity index (χ1n) is 10.9. The molecule has 3 heterocycles. The van der Waals surface area contributed by atoms with Crippen LogP contribution in [0.15, 0.2) is 12.1 Å². The minimum absolute atomic E-state index is 0.388. The van der Waals surface area contributed by atoms with Crippen molar-refractivity contribution in [2.45, 2.75) is 77.5 Å². The smallest absolute Gasteiger partial charge is 0.146 e. The predicted octanol–water partition coefficient (Wildman–Crippen LogP) is 3.52. The zero-order chi connectivity index (χ0) is 20.1. The highest BCUT2D eigenvalue weighted by Crippen LogP contribution is 2.23. The van der Waals surface area contributed by atoms with Crippen LogP contribution in [0.3, 0.4) is 0 Å². The second-order valence-electron chi connectivity index (χ2n) is 8.80. The Morgan fingerprint density at radius 1 is 0.893 bits per heavy atom. The van der Waals surface area contributed by atoms with Gasteiger partial charge in [0.1, 0.15) is 17.7 Å². The zero-order valence-corrected chi connectivity index (χ0v) is 17.9. The molecule has 2 aliphatic heterocycles. The largest absolute Gasteiger partial charge is 0.367 e. The Balaban J connectivity index is 1.59. The number of aromatic nitrogens is 1. The molecular weight excluding hydrogens is 348 g/mol. The van der Waals surface area contributed by atoms with Gasteiger partial charge in [0, 0.05) is 50.3 Å². The molecule has 0 bridgehead atoms. The molecule has 1 aromatic heterocycles. The monoisotopic (exact) mass is 384 g/mol. The maximum absolute atomic E-state index is 9.49. The molecule has 3 rings (SSSR count). The summed E-state index contributed by atoms with van der Waals surface area (Å²) in [5.74, 6) is 1.61. The first kappa shape index (κ1) is 20.9. The standard InChI is InChI=1S/C22H36N6/c1-16(2)27-11-7-19(8-12-27)24-21-6-5-18(15-23)22(26-21)25-20-9-13-28(14-10-20)17(3)4/h5-6,16-17,19-20H,7-14H2,1-4H3,(H2,24,25,26). The summed E-state index contributed by atoms with van der Waals surface area (Å²) in [6, 6.07) is 8.19. The van der Waals surface area contributed by atoms with Crippen LogP contribution in [0.1, 0.15) is 58.9 Å². The fourth-order valence-electron chi connectivity index (χ4n) is 4.26. The van der Waals surface area contributed by atoms with Crippen molar-refractivity contribution in [3.05, 3.63) is 17.7 Å². The molecule has 6 heteroatoms. The third kappa shape index (κ3) is 5.36. The minimum Gasteiger partial charge on any atom is -0.367 e. The van der Waals surface area contributed by atoms with E-state index in [1.807, 2.05) is 12.1 Å². The zero-order valence-electron chi connectivity index (χ0n) is 17.9. The van der Waals surface area contributed by atoms with Gasteiger partial charge in [-0.05, 0) is 65.5 Å². The fraction of sp³-hybridized carbons (Fsp3) is 0.727. The molecule has 0 aromatic carbocycles. The first-order valence-corrected chi connectivity index (χ1v) is 10.9. The fourth-order valence-corrected chi connectivity index (χ4v) is 4.26. The summed E-state index contributed by atoms with van der Waals surface area (Å²) in [6.07, 6.45) is 4.46. The summed E-state index contributed by atoms with van der Waals surface area (Å²) in [5, 5.41) is 16.6. The van der Waals surface area contributed by atoms with E-state index in [2.05, 4.69) is 54.2 Å². The Hall–Kier alpha value is -1.84. The summed E-state index contributed by atoms with van der Waals surface area (Å²) in [7, 11) is 0. The molecule has 2 N–H and O–H groups in total. The molecule has 0 radical (unpaired) electrons. The number of likely N-dealkylation sites (tertiary alicyclic amines) is 2. The van der Waals surface area contributed by atoms with Crippen LogP contribution in [0.5, 0.6) is 0 Å². The summed E-state index contributed by atoms with van der Waals surface area (Å²) >= 11 is 0. The molecule has 2 fully saturated rings. The van der Waals surface area contributed by atoms with Gasteiger partial charge in [0.25, 0.3) is 0 Å². The lowest BCUT2D eigenvalue weighted by atomic mass is 10.0. The average molecular weight is 385 g/mol. The lowest BCUT2D eigenvalue weighted by molar-refractivity contribution is 0.177. The van der Waals surface area contributed by atoms with Crippen molar-refractivity contribution in [1.29, 1.82) is 5.26 Å². The van der Waals surface area contributed by atoms with E-state index in [0.717, 1.165) is 63.5 Å². The molecule has 6 nitrogen and oxygen atoms in total. The van der Waals surface area contributed by atoms with E-state index in [4.69, 9.17) is 4.98 Å². The number of nitriles is 1. The van der Waals surface area contributed by atoms with Crippen LogP contribution in [-0.2, 0) is 0 Å². The number of rotatable bonds is 6. The number of hydrogen-bond donors (Lipinski definition) is 2.